The standard InChI is InChI=1S/C17H15Cl2NS3/c1-20-12(10-23-17-6-3-9-21-17)7-8-16(20)22-11-13-14(18)4-2-5-15(13)19/h2-9H,10-11H2,1H3. The Hall–Kier alpha value is -0.520. The second kappa shape index (κ2) is 8.04. The molecule has 2 heterocycles. The average Bonchev–Trinajstić information content (AvgIpc) is 3.15. The van der Waals surface area contributed by atoms with E-state index in [1.165, 1.54) is 14.9 Å². The lowest BCUT2D eigenvalue weighted by atomic mass is 10.2. The third-order valence-electron chi connectivity index (χ3n) is 3.46. The monoisotopic (exact) mass is 399 g/mol. The molecular weight excluding hydrogens is 385 g/mol. The molecule has 6 heteroatoms. The zero-order chi connectivity index (χ0) is 16.2. The summed E-state index contributed by atoms with van der Waals surface area (Å²) in [5.74, 6) is 1.75. The number of aromatic nitrogens is 1. The molecule has 0 saturated heterocycles. The molecule has 0 radical (unpaired) electrons. The molecule has 0 amide bonds. The topological polar surface area (TPSA) is 4.93 Å². The minimum Gasteiger partial charge on any atom is -0.342 e. The molecule has 1 nitrogen and oxygen atoms in total. The highest BCUT2D eigenvalue weighted by molar-refractivity contribution is 8.00. The van der Waals surface area contributed by atoms with E-state index < -0.39 is 0 Å². The van der Waals surface area contributed by atoms with E-state index in [1.54, 1.807) is 23.1 Å². The van der Waals surface area contributed by atoms with Gasteiger partial charge in [-0.15, -0.1) is 34.9 Å². The van der Waals surface area contributed by atoms with E-state index in [4.69, 9.17) is 23.2 Å². The molecule has 3 rings (SSSR count). The fraction of sp³-hybridized carbons (Fsp3) is 0.176. The number of thiophene rings is 1. The molecule has 120 valence electrons. The van der Waals surface area contributed by atoms with Gasteiger partial charge in [0.2, 0.25) is 0 Å². The Balaban J connectivity index is 1.65. The summed E-state index contributed by atoms with van der Waals surface area (Å²) in [6.07, 6.45) is 0. The van der Waals surface area contributed by atoms with Gasteiger partial charge in [-0.1, -0.05) is 35.3 Å². The number of thioether (sulfide) groups is 2. The van der Waals surface area contributed by atoms with Crippen LogP contribution in [0.1, 0.15) is 11.3 Å². The van der Waals surface area contributed by atoms with Crippen LogP contribution in [0.5, 0.6) is 0 Å². The third kappa shape index (κ3) is 4.31. The predicted octanol–water partition coefficient (Wildman–Crippen LogP) is 6.98. The lowest BCUT2D eigenvalue weighted by Gasteiger charge is -2.09. The molecule has 3 aromatic rings. The summed E-state index contributed by atoms with van der Waals surface area (Å²) in [5, 5.41) is 4.80. The molecule has 0 fully saturated rings. The molecule has 2 aromatic heterocycles. The lowest BCUT2D eigenvalue weighted by molar-refractivity contribution is 0.790. The van der Waals surface area contributed by atoms with Gasteiger partial charge in [-0.3, -0.25) is 0 Å². The molecule has 0 atom stereocenters. The van der Waals surface area contributed by atoms with Gasteiger partial charge in [-0.05, 0) is 41.3 Å². The summed E-state index contributed by atoms with van der Waals surface area (Å²) >= 11 is 17.9. The van der Waals surface area contributed by atoms with Crippen LogP contribution in [-0.4, -0.2) is 4.57 Å². The van der Waals surface area contributed by atoms with E-state index in [0.717, 1.165) is 27.1 Å². The van der Waals surface area contributed by atoms with E-state index >= 15 is 0 Å². The average molecular weight is 400 g/mol. The van der Waals surface area contributed by atoms with Crippen LogP contribution >= 0.6 is 58.1 Å². The van der Waals surface area contributed by atoms with Crippen molar-refractivity contribution in [3.8, 4) is 0 Å². The highest BCUT2D eigenvalue weighted by Crippen LogP contribution is 2.33. The van der Waals surface area contributed by atoms with Gasteiger partial charge in [0.15, 0.2) is 0 Å². The number of nitrogens with zero attached hydrogens (tertiary/aromatic N) is 1. The summed E-state index contributed by atoms with van der Waals surface area (Å²) in [7, 11) is 2.11. The molecule has 23 heavy (non-hydrogen) atoms. The van der Waals surface area contributed by atoms with Crippen molar-refractivity contribution in [3.05, 3.63) is 69.1 Å². The van der Waals surface area contributed by atoms with Crippen LogP contribution in [0.25, 0.3) is 0 Å². The maximum absolute atomic E-state index is 6.24. The Morgan fingerprint density at radius 3 is 2.43 bits per heavy atom. The molecule has 0 unspecified atom stereocenters. The smallest absolute Gasteiger partial charge is 0.0751 e. The molecule has 0 aliphatic rings. The lowest BCUT2D eigenvalue weighted by Crippen LogP contribution is -1.96. The Labute approximate surface area is 159 Å². The quantitative estimate of drug-likeness (QED) is 0.411. The Morgan fingerprint density at radius 2 is 1.74 bits per heavy atom. The number of hydrogen-bond acceptors (Lipinski definition) is 3. The van der Waals surface area contributed by atoms with Crippen molar-refractivity contribution in [2.45, 2.75) is 20.7 Å². The Morgan fingerprint density at radius 1 is 0.957 bits per heavy atom. The van der Waals surface area contributed by atoms with Gasteiger partial charge < -0.3 is 4.57 Å². The second-order valence-electron chi connectivity index (χ2n) is 4.93. The first kappa shape index (κ1) is 17.3. The number of hydrogen-bond donors (Lipinski definition) is 0. The van der Waals surface area contributed by atoms with Crippen molar-refractivity contribution < 1.29 is 0 Å². The van der Waals surface area contributed by atoms with Crippen molar-refractivity contribution in [2.75, 3.05) is 0 Å². The van der Waals surface area contributed by atoms with Crippen molar-refractivity contribution in [1.29, 1.82) is 0 Å². The minimum absolute atomic E-state index is 0.729. The molecule has 0 spiro atoms. The van der Waals surface area contributed by atoms with E-state index in [9.17, 15) is 0 Å². The number of benzene rings is 1. The van der Waals surface area contributed by atoms with Crippen LogP contribution in [0.15, 0.2) is 57.1 Å². The molecule has 0 aliphatic carbocycles. The summed E-state index contributed by atoms with van der Waals surface area (Å²) in [5.41, 5.74) is 2.31. The maximum Gasteiger partial charge on any atom is 0.0751 e. The minimum atomic E-state index is 0.729. The molecular formula is C17H15Cl2NS3. The SMILES string of the molecule is Cn1c(CSc2cccs2)ccc1SCc1c(Cl)cccc1Cl. The summed E-state index contributed by atoms with van der Waals surface area (Å²) in [4.78, 5) is 0. The van der Waals surface area contributed by atoms with E-state index in [0.29, 0.717) is 0 Å². The van der Waals surface area contributed by atoms with Gasteiger partial charge in [-0.25, -0.2) is 0 Å². The van der Waals surface area contributed by atoms with Gasteiger partial charge in [0.05, 0.1) is 9.24 Å². The first-order valence-electron chi connectivity index (χ1n) is 7.01. The first-order valence-corrected chi connectivity index (χ1v) is 10.6. The fourth-order valence-electron chi connectivity index (χ4n) is 2.13. The van der Waals surface area contributed by atoms with Crippen molar-refractivity contribution in [2.24, 2.45) is 7.05 Å². The molecule has 0 bridgehead atoms. The Bertz CT molecular complexity index is 761. The molecule has 0 saturated carbocycles. The normalized spacial score (nSPS) is 11.1. The van der Waals surface area contributed by atoms with Crippen LogP contribution < -0.4 is 0 Å². The van der Waals surface area contributed by atoms with Gasteiger partial charge in [0, 0.05) is 34.3 Å². The number of rotatable bonds is 6. The number of halogens is 2. The predicted molar refractivity (Wildman–Crippen MR) is 105 cm³/mol. The highest BCUT2D eigenvalue weighted by atomic mass is 35.5. The van der Waals surface area contributed by atoms with Crippen molar-refractivity contribution in [3.63, 3.8) is 0 Å². The summed E-state index contributed by atoms with van der Waals surface area (Å²) < 4.78 is 3.60. The van der Waals surface area contributed by atoms with Crippen LogP contribution in [0.2, 0.25) is 10.0 Å². The van der Waals surface area contributed by atoms with Gasteiger partial charge in [-0.2, -0.15) is 0 Å². The summed E-state index contributed by atoms with van der Waals surface area (Å²) in [6, 6.07) is 14.3. The largest absolute Gasteiger partial charge is 0.342 e. The molecule has 0 aliphatic heterocycles. The van der Waals surface area contributed by atoms with Crippen LogP contribution in [0.4, 0.5) is 0 Å². The van der Waals surface area contributed by atoms with E-state index in [2.05, 4.69) is 41.3 Å². The first-order chi connectivity index (χ1) is 11.1. The second-order valence-corrected chi connectivity index (χ2v) is 8.96. The highest BCUT2D eigenvalue weighted by Gasteiger charge is 2.10. The van der Waals surface area contributed by atoms with E-state index in [-0.39, 0.29) is 0 Å². The Kier molecular flexibility index (Phi) is 6.05. The summed E-state index contributed by atoms with van der Waals surface area (Å²) in [6.45, 7) is 0. The van der Waals surface area contributed by atoms with Crippen molar-refractivity contribution >= 4 is 58.1 Å². The van der Waals surface area contributed by atoms with Gasteiger partial charge in [0.1, 0.15) is 0 Å². The zero-order valence-corrected chi connectivity index (χ0v) is 16.4. The van der Waals surface area contributed by atoms with Crippen LogP contribution in [-0.2, 0) is 18.6 Å². The van der Waals surface area contributed by atoms with Crippen molar-refractivity contribution in [1.82, 2.24) is 4.57 Å². The van der Waals surface area contributed by atoms with Gasteiger partial charge in [0.25, 0.3) is 0 Å². The van der Waals surface area contributed by atoms with Gasteiger partial charge >= 0.3 is 0 Å². The third-order valence-corrected chi connectivity index (χ3v) is 7.47. The maximum atomic E-state index is 6.24. The zero-order valence-electron chi connectivity index (χ0n) is 12.5. The molecule has 1 aromatic carbocycles. The van der Waals surface area contributed by atoms with Crippen LogP contribution in [0, 0.1) is 0 Å². The molecule has 0 N–H and O–H groups in total. The fourth-order valence-corrected chi connectivity index (χ4v) is 5.72. The van der Waals surface area contributed by atoms with E-state index in [1.807, 2.05) is 30.0 Å². The van der Waals surface area contributed by atoms with Crippen LogP contribution in [0.3, 0.4) is 0 Å².